The summed E-state index contributed by atoms with van der Waals surface area (Å²) in [6.07, 6.45) is 0. The van der Waals surface area contributed by atoms with Crippen LogP contribution in [0.3, 0.4) is 0 Å². The molecule has 0 spiro atoms. The number of nitrogens with one attached hydrogen (secondary N) is 4. The summed E-state index contributed by atoms with van der Waals surface area (Å²) in [5.41, 5.74) is -1.00. The highest BCUT2D eigenvalue weighted by Gasteiger charge is 2.18. The average Bonchev–Trinajstić information content (AvgIpc) is 2.57. The molecule has 0 aliphatic carbocycles. The van der Waals surface area contributed by atoms with Crippen molar-refractivity contribution in [3.8, 4) is 0 Å². The van der Waals surface area contributed by atoms with Gasteiger partial charge in [0.25, 0.3) is 11.5 Å². The normalized spacial score (nSPS) is 10.3. The predicted molar refractivity (Wildman–Crippen MR) is 91.8 cm³/mol. The molecular formula is C17H13FN4O3. The first-order chi connectivity index (χ1) is 12.0. The standard InChI is InChI=1S/C17H13FN4O3/c18-10-6-8-12(9-7-10)20-15(23)13-14(21-17(25)22-16(13)24)19-11-4-2-1-3-5-11/h1-9H,(H,20,23)(H3,19,21,22,24,25). The second-order valence-corrected chi connectivity index (χ2v) is 5.11. The summed E-state index contributed by atoms with van der Waals surface area (Å²) in [7, 11) is 0. The Labute approximate surface area is 140 Å². The number of halogens is 1. The van der Waals surface area contributed by atoms with Gasteiger partial charge in [-0.3, -0.25) is 19.6 Å². The van der Waals surface area contributed by atoms with Gasteiger partial charge >= 0.3 is 5.69 Å². The van der Waals surface area contributed by atoms with Crippen LogP contribution in [0.15, 0.2) is 64.2 Å². The minimum Gasteiger partial charge on any atom is -0.341 e. The molecule has 126 valence electrons. The molecule has 0 atom stereocenters. The zero-order chi connectivity index (χ0) is 17.8. The number of aromatic nitrogens is 2. The fourth-order valence-electron chi connectivity index (χ4n) is 2.19. The Hall–Kier alpha value is -3.68. The summed E-state index contributed by atoms with van der Waals surface area (Å²) in [5.74, 6) is -1.24. The Morgan fingerprint density at radius 2 is 1.56 bits per heavy atom. The molecule has 7 nitrogen and oxygen atoms in total. The number of rotatable bonds is 4. The zero-order valence-electron chi connectivity index (χ0n) is 12.8. The minimum atomic E-state index is -0.846. The van der Waals surface area contributed by atoms with Gasteiger partial charge in [-0.15, -0.1) is 0 Å². The highest BCUT2D eigenvalue weighted by Crippen LogP contribution is 2.16. The second kappa shape index (κ2) is 6.83. The van der Waals surface area contributed by atoms with Gasteiger partial charge in [-0.2, -0.15) is 0 Å². The number of hydrogen-bond donors (Lipinski definition) is 4. The first-order valence-corrected chi connectivity index (χ1v) is 7.28. The highest BCUT2D eigenvalue weighted by molar-refractivity contribution is 6.07. The van der Waals surface area contributed by atoms with Crippen molar-refractivity contribution >= 4 is 23.1 Å². The number of hydrogen-bond acceptors (Lipinski definition) is 4. The van der Waals surface area contributed by atoms with Crippen molar-refractivity contribution in [2.75, 3.05) is 10.6 Å². The molecule has 0 unspecified atom stereocenters. The molecule has 3 aromatic rings. The second-order valence-electron chi connectivity index (χ2n) is 5.11. The maximum Gasteiger partial charge on any atom is 0.327 e. The van der Waals surface area contributed by atoms with Crippen molar-refractivity contribution < 1.29 is 9.18 Å². The lowest BCUT2D eigenvalue weighted by atomic mass is 10.2. The van der Waals surface area contributed by atoms with Crippen molar-refractivity contribution in [1.29, 1.82) is 0 Å². The summed E-state index contributed by atoms with van der Waals surface area (Å²) in [6.45, 7) is 0. The summed E-state index contributed by atoms with van der Waals surface area (Å²) in [4.78, 5) is 40.5. The number of amides is 1. The Kier molecular flexibility index (Phi) is 4.42. The van der Waals surface area contributed by atoms with E-state index in [9.17, 15) is 18.8 Å². The van der Waals surface area contributed by atoms with Crippen LogP contribution in [0.4, 0.5) is 21.6 Å². The number of anilines is 3. The van der Waals surface area contributed by atoms with Gasteiger partial charge in [0, 0.05) is 11.4 Å². The van der Waals surface area contributed by atoms with Crippen molar-refractivity contribution in [1.82, 2.24) is 9.97 Å². The molecule has 1 aromatic heterocycles. The molecule has 0 aliphatic rings. The van der Waals surface area contributed by atoms with Gasteiger partial charge in [-0.25, -0.2) is 9.18 Å². The lowest BCUT2D eigenvalue weighted by Gasteiger charge is -2.11. The number of H-pyrrole nitrogens is 2. The van der Waals surface area contributed by atoms with E-state index < -0.39 is 23.0 Å². The number of para-hydroxylation sites is 1. The van der Waals surface area contributed by atoms with Crippen LogP contribution < -0.4 is 21.9 Å². The molecule has 2 aromatic carbocycles. The lowest BCUT2D eigenvalue weighted by Crippen LogP contribution is -2.32. The van der Waals surface area contributed by atoms with Gasteiger partial charge in [0.1, 0.15) is 17.2 Å². The van der Waals surface area contributed by atoms with E-state index in [1.54, 1.807) is 30.3 Å². The fourth-order valence-corrected chi connectivity index (χ4v) is 2.19. The van der Waals surface area contributed by atoms with E-state index in [0.29, 0.717) is 11.4 Å². The maximum absolute atomic E-state index is 12.9. The van der Waals surface area contributed by atoms with Crippen molar-refractivity contribution in [2.24, 2.45) is 0 Å². The Balaban J connectivity index is 1.96. The molecule has 25 heavy (non-hydrogen) atoms. The van der Waals surface area contributed by atoms with Gasteiger partial charge in [0.2, 0.25) is 0 Å². The predicted octanol–water partition coefficient (Wildman–Crippen LogP) is 2.20. The number of benzene rings is 2. The Morgan fingerprint density at radius 1 is 0.880 bits per heavy atom. The summed E-state index contributed by atoms with van der Waals surface area (Å²) in [6, 6.07) is 13.8. The van der Waals surface area contributed by atoms with Crippen LogP contribution in [0.1, 0.15) is 10.4 Å². The lowest BCUT2D eigenvalue weighted by molar-refractivity contribution is 0.102. The Bertz CT molecular complexity index is 1010. The maximum atomic E-state index is 12.9. The average molecular weight is 340 g/mol. The summed E-state index contributed by atoms with van der Waals surface area (Å²) >= 11 is 0. The molecule has 0 saturated heterocycles. The first-order valence-electron chi connectivity index (χ1n) is 7.28. The zero-order valence-corrected chi connectivity index (χ0v) is 12.8. The summed E-state index contributed by atoms with van der Waals surface area (Å²) < 4.78 is 12.9. The highest BCUT2D eigenvalue weighted by atomic mass is 19.1. The van der Waals surface area contributed by atoms with Crippen molar-refractivity contribution in [2.45, 2.75) is 0 Å². The molecule has 1 heterocycles. The van der Waals surface area contributed by atoms with Gasteiger partial charge < -0.3 is 10.6 Å². The van der Waals surface area contributed by atoms with Crippen LogP contribution in [-0.2, 0) is 0 Å². The third kappa shape index (κ3) is 3.81. The van der Waals surface area contributed by atoms with E-state index in [4.69, 9.17) is 0 Å². The van der Waals surface area contributed by atoms with Crippen LogP contribution >= 0.6 is 0 Å². The molecule has 0 radical (unpaired) electrons. The van der Waals surface area contributed by atoms with Gasteiger partial charge in [-0.05, 0) is 36.4 Å². The quantitative estimate of drug-likeness (QED) is 0.584. The van der Waals surface area contributed by atoms with E-state index >= 15 is 0 Å². The molecule has 8 heteroatoms. The summed E-state index contributed by atoms with van der Waals surface area (Å²) in [5, 5.41) is 5.32. The third-order valence-electron chi connectivity index (χ3n) is 3.31. The largest absolute Gasteiger partial charge is 0.341 e. The van der Waals surface area contributed by atoms with Crippen molar-refractivity contribution in [3.05, 3.63) is 86.8 Å². The first kappa shape index (κ1) is 16.2. The van der Waals surface area contributed by atoms with E-state index in [0.717, 1.165) is 0 Å². The Morgan fingerprint density at radius 3 is 2.24 bits per heavy atom. The molecule has 1 amide bonds. The fraction of sp³-hybridized carbons (Fsp3) is 0. The topological polar surface area (TPSA) is 107 Å². The van der Waals surface area contributed by atoms with Crippen molar-refractivity contribution in [3.63, 3.8) is 0 Å². The van der Waals surface area contributed by atoms with Crippen LogP contribution in [0.2, 0.25) is 0 Å². The molecule has 0 saturated carbocycles. The minimum absolute atomic E-state index is 0.0421. The van der Waals surface area contributed by atoms with Crippen LogP contribution in [0.25, 0.3) is 0 Å². The number of aromatic amines is 2. The van der Waals surface area contributed by atoms with Gasteiger partial charge in [-0.1, -0.05) is 18.2 Å². The van der Waals surface area contributed by atoms with Gasteiger partial charge in [0.05, 0.1) is 0 Å². The van der Waals surface area contributed by atoms with Gasteiger partial charge in [0.15, 0.2) is 0 Å². The number of carbonyl (C=O) groups excluding carboxylic acids is 1. The molecule has 4 N–H and O–H groups in total. The third-order valence-corrected chi connectivity index (χ3v) is 3.31. The molecule has 3 rings (SSSR count). The monoisotopic (exact) mass is 340 g/mol. The number of carbonyl (C=O) groups is 1. The SMILES string of the molecule is O=C(Nc1ccc(F)cc1)c1c(Nc2ccccc2)[nH]c(=O)[nH]c1=O. The molecule has 0 bridgehead atoms. The van der Waals surface area contributed by atoms with E-state index in [1.807, 2.05) is 4.98 Å². The molecular weight excluding hydrogens is 327 g/mol. The van der Waals surface area contributed by atoms with Crippen LogP contribution in [0.5, 0.6) is 0 Å². The smallest absolute Gasteiger partial charge is 0.327 e. The van der Waals surface area contributed by atoms with Crippen LogP contribution in [-0.4, -0.2) is 15.9 Å². The van der Waals surface area contributed by atoms with E-state index in [-0.39, 0.29) is 11.4 Å². The van der Waals surface area contributed by atoms with Crippen LogP contribution in [0, 0.1) is 5.82 Å². The van der Waals surface area contributed by atoms with E-state index in [1.165, 1.54) is 24.3 Å². The molecule has 0 fully saturated rings. The molecule has 0 aliphatic heterocycles. The van der Waals surface area contributed by atoms with E-state index in [2.05, 4.69) is 15.6 Å².